The molecule has 0 saturated carbocycles. The number of ketones is 1. The SMILES string of the molecule is COC(=O)CNC(=O)c1[nH]c2c(c1C)C(=O)CCC2. The number of ether oxygens (including phenoxy) is 1. The number of carbonyl (C=O) groups is 3. The minimum absolute atomic E-state index is 0.0713. The van der Waals surface area contributed by atoms with E-state index in [0.29, 0.717) is 23.2 Å². The molecule has 1 aromatic rings. The average Bonchev–Trinajstić information content (AvgIpc) is 2.74. The first kappa shape index (κ1) is 13.3. The Labute approximate surface area is 110 Å². The molecule has 1 aliphatic carbocycles. The number of Topliss-reactive ketones (excluding diaryl/α,β-unsaturated/α-hetero) is 1. The van der Waals surface area contributed by atoms with Crippen molar-refractivity contribution in [2.45, 2.75) is 26.2 Å². The van der Waals surface area contributed by atoms with Crippen LogP contribution in [0.2, 0.25) is 0 Å². The Kier molecular flexibility index (Phi) is 3.69. The van der Waals surface area contributed by atoms with Crippen LogP contribution in [0.1, 0.15) is 44.9 Å². The highest BCUT2D eigenvalue weighted by Gasteiger charge is 2.26. The molecule has 6 heteroatoms. The lowest BCUT2D eigenvalue weighted by atomic mass is 9.94. The van der Waals surface area contributed by atoms with Gasteiger partial charge in [0.1, 0.15) is 12.2 Å². The van der Waals surface area contributed by atoms with E-state index in [1.807, 2.05) is 0 Å². The van der Waals surface area contributed by atoms with Gasteiger partial charge in [0, 0.05) is 17.7 Å². The second-order valence-corrected chi connectivity index (χ2v) is 4.51. The van der Waals surface area contributed by atoms with E-state index in [1.54, 1.807) is 6.92 Å². The maximum absolute atomic E-state index is 11.9. The quantitative estimate of drug-likeness (QED) is 0.788. The summed E-state index contributed by atoms with van der Waals surface area (Å²) in [6, 6.07) is 0. The Morgan fingerprint density at radius 1 is 1.37 bits per heavy atom. The molecule has 1 aromatic heterocycles. The number of methoxy groups -OCH3 is 1. The lowest BCUT2D eigenvalue weighted by Gasteiger charge is -2.09. The molecule has 19 heavy (non-hydrogen) atoms. The Morgan fingerprint density at radius 3 is 2.74 bits per heavy atom. The topological polar surface area (TPSA) is 88.3 Å². The molecule has 6 nitrogen and oxygen atoms in total. The van der Waals surface area contributed by atoms with Crippen molar-refractivity contribution >= 4 is 17.7 Å². The van der Waals surface area contributed by atoms with Gasteiger partial charge in [0.05, 0.1) is 7.11 Å². The Hall–Kier alpha value is -2.11. The number of fused-ring (bicyclic) bond motifs is 1. The van der Waals surface area contributed by atoms with Crippen molar-refractivity contribution in [2.24, 2.45) is 0 Å². The highest BCUT2D eigenvalue weighted by molar-refractivity contribution is 6.04. The molecule has 0 aliphatic heterocycles. The number of aryl methyl sites for hydroxylation is 1. The van der Waals surface area contributed by atoms with E-state index in [2.05, 4.69) is 15.0 Å². The van der Waals surface area contributed by atoms with Gasteiger partial charge in [-0.3, -0.25) is 14.4 Å². The van der Waals surface area contributed by atoms with Gasteiger partial charge >= 0.3 is 5.97 Å². The van der Waals surface area contributed by atoms with Crippen LogP contribution in [0.4, 0.5) is 0 Å². The summed E-state index contributed by atoms with van der Waals surface area (Å²) in [5, 5.41) is 2.46. The van der Waals surface area contributed by atoms with Gasteiger partial charge < -0.3 is 15.0 Å². The maximum Gasteiger partial charge on any atom is 0.325 e. The summed E-state index contributed by atoms with van der Waals surface area (Å²) < 4.78 is 4.45. The lowest BCUT2D eigenvalue weighted by Crippen LogP contribution is -2.30. The second-order valence-electron chi connectivity index (χ2n) is 4.51. The molecule has 0 spiro atoms. The van der Waals surface area contributed by atoms with Gasteiger partial charge in [-0.2, -0.15) is 0 Å². The molecular weight excluding hydrogens is 248 g/mol. The van der Waals surface area contributed by atoms with Crippen molar-refractivity contribution in [3.63, 3.8) is 0 Å². The van der Waals surface area contributed by atoms with E-state index < -0.39 is 11.9 Å². The van der Waals surface area contributed by atoms with Crippen molar-refractivity contribution in [3.05, 3.63) is 22.5 Å². The summed E-state index contributed by atoms with van der Waals surface area (Å²) in [7, 11) is 1.26. The number of esters is 1. The van der Waals surface area contributed by atoms with Crippen molar-refractivity contribution < 1.29 is 19.1 Å². The molecule has 0 radical (unpaired) electrons. The molecule has 0 unspecified atom stereocenters. The van der Waals surface area contributed by atoms with Crippen LogP contribution in [0.5, 0.6) is 0 Å². The average molecular weight is 264 g/mol. The van der Waals surface area contributed by atoms with Crippen LogP contribution in [0, 0.1) is 6.92 Å². The summed E-state index contributed by atoms with van der Waals surface area (Å²) >= 11 is 0. The monoisotopic (exact) mass is 264 g/mol. The molecular formula is C13H16N2O4. The second kappa shape index (κ2) is 5.26. The fourth-order valence-corrected chi connectivity index (χ4v) is 2.31. The zero-order chi connectivity index (χ0) is 14.0. The summed E-state index contributed by atoms with van der Waals surface area (Å²) in [6.07, 6.45) is 2.09. The molecule has 2 N–H and O–H groups in total. The molecule has 0 saturated heterocycles. The number of aromatic nitrogens is 1. The Bertz CT molecular complexity index is 545. The zero-order valence-electron chi connectivity index (χ0n) is 11.0. The van der Waals surface area contributed by atoms with Gasteiger partial charge in [0.2, 0.25) is 0 Å². The van der Waals surface area contributed by atoms with Gasteiger partial charge in [-0.1, -0.05) is 0 Å². The maximum atomic E-state index is 11.9. The predicted octanol–water partition coefficient (Wildman–Crippen LogP) is 0.745. The largest absolute Gasteiger partial charge is 0.468 e. The molecule has 0 bridgehead atoms. The standard InChI is InChI=1S/C13H16N2O4/c1-7-11-8(4-3-5-9(11)16)15-12(7)13(18)14-6-10(17)19-2/h15H,3-6H2,1-2H3,(H,14,18). The zero-order valence-corrected chi connectivity index (χ0v) is 11.0. The number of amides is 1. The number of nitrogens with one attached hydrogen (secondary N) is 2. The third-order valence-electron chi connectivity index (χ3n) is 3.29. The van der Waals surface area contributed by atoms with Crippen molar-refractivity contribution in [3.8, 4) is 0 Å². The number of hydrogen-bond donors (Lipinski definition) is 2. The number of carbonyl (C=O) groups excluding carboxylic acids is 3. The predicted molar refractivity (Wildman–Crippen MR) is 67.1 cm³/mol. The molecule has 0 fully saturated rings. The molecule has 1 heterocycles. The molecule has 0 aromatic carbocycles. The first-order valence-corrected chi connectivity index (χ1v) is 6.14. The van der Waals surface area contributed by atoms with Gasteiger partial charge in [0.15, 0.2) is 5.78 Å². The highest BCUT2D eigenvalue weighted by atomic mass is 16.5. The number of hydrogen-bond acceptors (Lipinski definition) is 4. The number of H-pyrrole nitrogens is 1. The molecule has 0 atom stereocenters. The van der Waals surface area contributed by atoms with E-state index in [4.69, 9.17) is 0 Å². The van der Waals surface area contributed by atoms with E-state index in [9.17, 15) is 14.4 Å². The molecule has 2 rings (SSSR count). The van der Waals surface area contributed by atoms with E-state index in [-0.39, 0.29) is 12.3 Å². The van der Waals surface area contributed by atoms with Crippen LogP contribution in [0.15, 0.2) is 0 Å². The smallest absolute Gasteiger partial charge is 0.325 e. The summed E-state index contributed by atoms with van der Waals surface area (Å²) in [6.45, 7) is 1.55. The fourth-order valence-electron chi connectivity index (χ4n) is 2.31. The lowest BCUT2D eigenvalue weighted by molar-refractivity contribution is -0.139. The van der Waals surface area contributed by atoms with Crippen LogP contribution in [0.25, 0.3) is 0 Å². The minimum Gasteiger partial charge on any atom is -0.468 e. The number of aromatic amines is 1. The molecule has 1 amide bonds. The Morgan fingerprint density at radius 2 is 2.11 bits per heavy atom. The molecule has 102 valence electrons. The fraction of sp³-hybridized carbons (Fsp3) is 0.462. The summed E-state index contributed by atoms with van der Waals surface area (Å²) in [5.74, 6) is -0.842. The Balaban J connectivity index is 2.19. The third-order valence-corrected chi connectivity index (χ3v) is 3.29. The van der Waals surface area contributed by atoms with E-state index in [0.717, 1.165) is 18.5 Å². The normalized spacial score (nSPS) is 13.9. The van der Waals surface area contributed by atoms with Crippen LogP contribution in [-0.4, -0.2) is 36.3 Å². The molecule has 1 aliphatic rings. The first-order chi connectivity index (χ1) is 9.04. The van der Waals surface area contributed by atoms with Crippen molar-refractivity contribution in [1.82, 2.24) is 10.3 Å². The third kappa shape index (κ3) is 2.52. The minimum atomic E-state index is -0.515. The van der Waals surface area contributed by atoms with Gasteiger partial charge in [-0.05, 0) is 25.3 Å². The van der Waals surface area contributed by atoms with E-state index >= 15 is 0 Å². The van der Waals surface area contributed by atoms with Crippen LogP contribution in [-0.2, 0) is 16.0 Å². The highest BCUT2D eigenvalue weighted by Crippen LogP contribution is 2.26. The van der Waals surface area contributed by atoms with Gasteiger partial charge in [-0.15, -0.1) is 0 Å². The van der Waals surface area contributed by atoms with Crippen LogP contribution >= 0.6 is 0 Å². The summed E-state index contributed by atoms with van der Waals surface area (Å²) in [5.41, 5.74) is 2.46. The van der Waals surface area contributed by atoms with Crippen molar-refractivity contribution in [2.75, 3.05) is 13.7 Å². The van der Waals surface area contributed by atoms with Crippen LogP contribution in [0.3, 0.4) is 0 Å². The van der Waals surface area contributed by atoms with Gasteiger partial charge in [0.25, 0.3) is 5.91 Å². The van der Waals surface area contributed by atoms with Crippen molar-refractivity contribution in [1.29, 1.82) is 0 Å². The number of rotatable bonds is 3. The van der Waals surface area contributed by atoms with E-state index in [1.165, 1.54) is 7.11 Å². The van der Waals surface area contributed by atoms with Gasteiger partial charge in [-0.25, -0.2) is 0 Å². The summed E-state index contributed by atoms with van der Waals surface area (Å²) in [4.78, 5) is 37.7. The first-order valence-electron chi connectivity index (χ1n) is 6.14. The van der Waals surface area contributed by atoms with Crippen LogP contribution < -0.4 is 5.32 Å².